The highest BCUT2D eigenvalue weighted by molar-refractivity contribution is 7.16. The molecule has 1 aliphatic heterocycles. The first-order chi connectivity index (χ1) is 8.16. The Morgan fingerprint density at radius 1 is 1.41 bits per heavy atom. The van der Waals surface area contributed by atoms with Gasteiger partial charge in [-0.2, -0.15) is 0 Å². The lowest BCUT2D eigenvalue weighted by atomic mass is 10.1. The zero-order chi connectivity index (χ0) is 12.3. The van der Waals surface area contributed by atoms with Gasteiger partial charge >= 0.3 is 0 Å². The Kier molecular flexibility index (Phi) is 3.73. The first kappa shape index (κ1) is 12.0. The zero-order valence-corrected chi connectivity index (χ0v) is 10.6. The van der Waals surface area contributed by atoms with Gasteiger partial charge in [0.25, 0.3) is 0 Å². The normalized spacial score (nSPS) is 16.6. The van der Waals surface area contributed by atoms with E-state index in [1.807, 2.05) is 6.92 Å². The number of nitrogens with zero attached hydrogens (tertiary/aromatic N) is 3. The molecule has 1 saturated heterocycles. The fourth-order valence-electron chi connectivity index (χ4n) is 1.90. The molecular weight excluding hydrogens is 238 g/mol. The fourth-order valence-corrected chi connectivity index (χ4v) is 2.91. The van der Waals surface area contributed by atoms with Crippen LogP contribution >= 0.6 is 11.3 Å². The molecule has 1 aromatic rings. The molecule has 0 radical (unpaired) electrons. The lowest BCUT2D eigenvalue weighted by Gasteiger charge is -2.25. The predicted octanol–water partition coefficient (Wildman–Crippen LogP) is 2.69. The van der Waals surface area contributed by atoms with Crippen molar-refractivity contribution in [3.63, 3.8) is 0 Å². The van der Waals surface area contributed by atoms with E-state index in [4.69, 9.17) is 0 Å². The summed E-state index contributed by atoms with van der Waals surface area (Å²) in [6.45, 7) is 3.99. The van der Waals surface area contributed by atoms with Gasteiger partial charge in [0.1, 0.15) is 0 Å². The number of hydrogen-bond acceptors (Lipinski definition) is 5. The van der Waals surface area contributed by atoms with Crippen LogP contribution in [0.4, 0.5) is 5.13 Å². The maximum Gasteiger partial charge on any atom is 0.235 e. The zero-order valence-electron chi connectivity index (χ0n) is 9.76. The predicted molar refractivity (Wildman–Crippen MR) is 68.9 cm³/mol. The summed E-state index contributed by atoms with van der Waals surface area (Å²) in [5, 5.41) is 11.3. The van der Waals surface area contributed by atoms with Gasteiger partial charge in [0.05, 0.1) is 15.5 Å². The van der Waals surface area contributed by atoms with E-state index in [1.165, 1.54) is 36.7 Å². The summed E-state index contributed by atoms with van der Waals surface area (Å²) in [4.78, 5) is 17.5. The van der Waals surface area contributed by atoms with Crippen molar-refractivity contribution in [1.29, 1.82) is 0 Å². The van der Waals surface area contributed by atoms with Crippen LogP contribution in [-0.4, -0.2) is 23.0 Å². The first-order valence-electron chi connectivity index (χ1n) is 5.71. The molecule has 6 heteroatoms. The minimum Gasteiger partial charge on any atom is -0.348 e. The van der Waals surface area contributed by atoms with E-state index in [9.17, 15) is 10.1 Å². The van der Waals surface area contributed by atoms with Crippen molar-refractivity contribution in [2.24, 2.45) is 0 Å². The molecular formula is C11H15N3O2S. The average Bonchev–Trinajstić information content (AvgIpc) is 2.69. The Bertz CT molecular complexity index is 436. The van der Waals surface area contributed by atoms with Gasteiger partial charge in [-0.3, -0.25) is 10.1 Å². The van der Waals surface area contributed by atoms with Crippen LogP contribution in [-0.2, 0) is 0 Å². The molecule has 2 rings (SSSR count). The lowest BCUT2D eigenvalue weighted by Crippen LogP contribution is -2.29. The fraction of sp³-hybridized carbons (Fsp3) is 0.545. The van der Waals surface area contributed by atoms with E-state index in [0.29, 0.717) is 0 Å². The molecule has 1 aromatic heterocycles. The number of rotatable bonds is 3. The molecule has 1 aliphatic rings. The second-order valence-electron chi connectivity index (χ2n) is 4.09. The SMILES string of the molecule is Cc1nc(N2CCCCC2)sc1C=C[N+](=O)[O-]. The van der Waals surface area contributed by atoms with Gasteiger partial charge in [0.15, 0.2) is 5.13 Å². The van der Waals surface area contributed by atoms with Gasteiger partial charge in [-0.1, -0.05) is 11.3 Å². The van der Waals surface area contributed by atoms with E-state index >= 15 is 0 Å². The number of hydrogen-bond donors (Lipinski definition) is 0. The van der Waals surface area contributed by atoms with Gasteiger partial charge < -0.3 is 4.90 Å². The van der Waals surface area contributed by atoms with Crippen LogP contribution in [0.25, 0.3) is 6.08 Å². The molecule has 0 bridgehead atoms. The smallest absolute Gasteiger partial charge is 0.235 e. The van der Waals surface area contributed by atoms with Crippen molar-refractivity contribution in [1.82, 2.24) is 4.98 Å². The monoisotopic (exact) mass is 253 g/mol. The molecule has 17 heavy (non-hydrogen) atoms. The number of nitro groups is 1. The van der Waals surface area contributed by atoms with Gasteiger partial charge in [0, 0.05) is 19.2 Å². The Morgan fingerprint density at radius 3 is 2.76 bits per heavy atom. The molecule has 5 nitrogen and oxygen atoms in total. The van der Waals surface area contributed by atoms with Crippen LogP contribution in [0.2, 0.25) is 0 Å². The number of anilines is 1. The van der Waals surface area contributed by atoms with Gasteiger partial charge in [-0.05, 0) is 26.2 Å². The number of aromatic nitrogens is 1. The summed E-state index contributed by atoms with van der Waals surface area (Å²) >= 11 is 1.53. The van der Waals surface area contributed by atoms with Crippen molar-refractivity contribution in [2.45, 2.75) is 26.2 Å². The number of aryl methyl sites for hydroxylation is 1. The van der Waals surface area contributed by atoms with Crippen molar-refractivity contribution in [3.05, 3.63) is 26.9 Å². The third-order valence-corrected chi connectivity index (χ3v) is 3.98. The summed E-state index contributed by atoms with van der Waals surface area (Å²) in [7, 11) is 0. The third kappa shape index (κ3) is 3.03. The third-order valence-electron chi connectivity index (χ3n) is 2.80. The molecule has 0 saturated carbocycles. The highest BCUT2D eigenvalue weighted by Crippen LogP contribution is 2.29. The minimum atomic E-state index is -0.445. The largest absolute Gasteiger partial charge is 0.348 e. The summed E-state index contributed by atoms with van der Waals surface area (Å²) in [5.74, 6) is 0. The molecule has 0 spiro atoms. The Morgan fingerprint density at radius 2 is 2.12 bits per heavy atom. The van der Waals surface area contributed by atoms with Gasteiger partial charge in [-0.25, -0.2) is 4.98 Å². The molecule has 0 aromatic carbocycles. The van der Waals surface area contributed by atoms with E-state index in [-0.39, 0.29) is 0 Å². The molecule has 2 heterocycles. The van der Waals surface area contributed by atoms with Crippen LogP contribution in [0.5, 0.6) is 0 Å². The molecule has 0 atom stereocenters. The van der Waals surface area contributed by atoms with Crippen LogP contribution in [0.3, 0.4) is 0 Å². The van der Waals surface area contributed by atoms with E-state index in [0.717, 1.165) is 35.0 Å². The second kappa shape index (κ2) is 5.27. The number of thiazole rings is 1. The van der Waals surface area contributed by atoms with Crippen LogP contribution in [0.15, 0.2) is 6.20 Å². The van der Waals surface area contributed by atoms with Crippen LogP contribution < -0.4 is 4.90 Å². The highest BCUT2D eigenvalue weighted by atomic mass is 32.1. The van der Waals surface area contributed by atoms with E-state index < -0.39 is 4.92 Å². The van der Waals surface area contributed by atoms with Crippen molar-refractivity contribution < 1.29 is 4.92 Å². The molecule has 92 valence electrons. The van der Waals surface area contributed by atoms with E-state index in [1.54, 1.807) is 0 Å². The molecule has 0 N–H and O–H groups in total. The lowest BCUT2D eigenvalue weighted by molar-refractivity contribution is -0.400. The molecule has 0 amide bonds. The van der Waals surface area contributed by atoms with Crippen LogP contribution in [0.1, 0.15) is 29.8 Å². The Labute approximate surface area is 104 Å². The number of piperidine rings is 1. The Balaban J connectivity index is 2.14. The average molecular weight is 253 g/mol. The van der Waals surface area contributed by atoms with Crippen molar-refractivity contribution in [2.75, 3.05) is 18.0 Å². The molecule has 1 fully saturated rings. The molecule has 0 aliphatic carbocycles. The maximum absolute atomic E-state index is 10.3. The highest BCUT2D eigenvalue weighted by Gasteiger charge is 2.15. The van der Waals surface area contributed by atoms with Crippen molar-refractivity contribution >= 4 is 22.5 Å². The van der Waals surface area contributed by atoms with Gasteiger partial charge in [0.2, 0.25) is 6.20 Å². The molecule has 0 unspecified atom stereocenters. The quantitative estimate of drug-likeness (QED) is 0.614. The maximum atomic E-state index is 10.3. The summed E-state index contributed by atoms with van der Waals surface area (Å²) in [6.07, 6.45) is 6.20. The topological polar surface area (TPSA) is 59.3 Å². The Hall–Kier alpha value is -1.43. The van der Waals surface area contributed by atoms with Crippen LogP contribution in [0, 0.1) is 17.0 Å². The van der Waals surface area contributed by atoms with E-state index in [2.05, 4.69) is 9.88 Å². The van der Waals surface area contributed by atoms with Gasteiger partial charge in [-0.15, -0.1) is 0 Å². The standard InChI is InChI=1S/C11H15N3O2S/c1-9-10(5-8-14(15)16)17-11(12-9)13-6-3-2-4-7-13/h5,8H,2-4,6-7H2,1H3. The summed E-state index contributed by atoms with van der Waals surface area (Å²) in [6, 6.07) is 0. The second-order valence-corrected chi connectivity index (χ2v) is 5.10. The first-order valence-corrected chi connectivity index (χ1v) is 6.52. The summed E-state index contributed by atoms with van der Waals surface area (Å²) < 4.78 is 0. The van der Waals surface area contributed by atoms with Crippen molar-refractivity contribution in [3.8, 4) is 0 Å². The summed E-state index contributed by atoms with van der Waals surface area (Å²) in [5.41, 5.74) is 0.869. The minimum absolute atomic E-state index is 0.445.